The van der Waals surface area contributed by atoms with Crippen molar-refractivity contribution in [2.45, 2.75) is 6.92 Å². The van der Waals surface area contributed by atoms with E-state index in [2.05, 4.69) is 15.3 Å². The van der Waals surface area contributed by atoms with Gasteiger partial charge in [0.1, 0.15) is 11.0 Å². The standard InChI is InChI=1S/C13H10ClN3O3/c1-7-4-9(5-10(14)16-7)12(18)17-11-6-8(13(19)20)2-3-15-11/h2-6H,1H3,(H,19,20)(H,15,17,18). The van der Waals surface area contributed by atoms with Crippen LogP contribution in [0.4, 0.5) is 5.82 Å². The first kappa shape index (κ1) is 14.0. The van der Waals surface area contributed by atoms with Crippen LogP contribution in [0.15, 0.2) is 30.5 Å². The summed E-state index contributed by atoms with van der Waals surface area (Å²) in [6.45, 7) is 1.71. The molecule has 20 heavy (non-hydrogen) atoms. The number of carboxylic acid groups (broad SMARTS) is 1. The Balaban J connectivity index is 2.23. The Bertz CT molecular complexity index is 668. The molecular weight excluding hydrogens is 282 g/mol. The lowest BCUT2D eigenvalue weighted by atomic mass is 10.2. The molecular formula is C13H10ClN3O3. The van der Waals surface area contributed by atoms with E-state index in [1.165, 1.54) is 24.4 Å². The second kappa shape index (κ2) is 5.66. The molecule has 2 N–H and O–H groups in total. The zero-order valence-electron chi connectivity index (χ0n) is 10.4. The predicted molar refractivity (Wildman–Crippen MR) is 73.1 cm³/mol. The summed E-state index contributed by atoms with van der Waals surface area (Å²) in [6, 6.07) is 5.61. The summed E-state index contributed by atoms with van der Waals surface area (Å²) in [7, 11) is 0. The Kier molecular flexibility index (Phi) is 3.95. The minimum absolute atomic E-state index is 0.0410. The number of pyridine rings is 2. The molecule has 0 unspecified atom stereocenters. The molecule has 102 valence electrons. The van der Waals surface area contributed by atoms with Gasteiger partial charge in [-0.2, -0.15) is 0 Å². The van der Waals surface area contributed by atoms with Crippen LogP contribution in [0.5, 0.6) is 0 Å². The first-order valence-electron chi connectivity index (χ1n) is 5.60. The van der Waals surface area contributed by atoms with Gasteiger partial charge in [-0.25, -0.2) is 14.8 Å². The Morgan fingerprint density at radius 2 is 2.00 bits per heavy atom. The number of carbonyl (C=O) groups is 2. The van der Waals surface area contributed by atoms with Crippen LogP contribution in [-0.2, 0) is 0 Å². The van der Waals surface area contributed by atoms with E-state index in [0.29, 0.717) is 11.3 Å². The van der Waals surface area contributed by atoms with Crippen LogP contribution in [0.25, 0.3) is 0 Å². The van der Waals surface area contributed by atoms with Crippen molar-refractivity contribution in [1.82, 2.24) is 9.97 Å². The minimum atomic E-state index is -1.09. The third-order valence-electron chi connectivity index (χ3n) is 2.43. The minimum Gasteiger partial charge on any atom is -0.478 e. The van der Waals surface area contributed by atoms with Gasteiger partial charge in [-0.3, -0.25) is 4.79 Å². The van der Waals surface area contributed by atoms with Crippen LogP contribution in [-0.4, -0.2) is 27.0 Å². The second-order valence-corrected chi connectivity index (χ2v) is 4.40. The number of nitrogens with one attached hydrogen (secondary N) is 1. The molecule has 0 radical (unpaired) electrons. The van der Waals surface area contributed by atoms with Crippen LogP contribution >= 0.6 is 11.6 Å². The number of aromatic nitrogens is 2. The van der Waals surface area contributed by atoms with Gasteiger partial charge in [0.05, 0.1) is 5.56 Å². The summed E-state index contributed by atoms with van der Waals surface area (Å²) in [4.78, 5) is 30.7. The third kappa shape index (κ3) is 3.30. The fourth-order valence-electron chi connectivity index (χ4n) is 1.58. The van der Waals surface area contributed by atoms with Gasteiger partial charge in [-0.15, -0.1) is 0 Å². The van der Waals surface area contributed by atoms with Gasteiger partial charge in [-0.05, 0) is 31.2 Å². The number of carbonyl (C=O) groups excluding carboxylic acids is 1. The fraction of sp³-hybridized carbons (Fsp3) is 0.0769. The largest absolute Gasteiger partial charge is 0.478 e. The molecule has 2 rings (SSSR count). The summed E-state index contributed by atoms with van der Waals surface area (Å²) < 4.78 is 0. The van der Waals surface area contributed by atoms with Gasteiger partial charge < -0.3 is 10.4 Å². The number of aromatic carboxylic acids is 1. The highest BCUT2D eigenvalue weighted by Crippen LogP contribution is 2.13. The summed E-state index contributed by atoms with van der Waals surface area (Å²) in [5.41, 5.74) is 0.971. The molecule has 0 bridgehead atoms. The number of carboxylic acids is 1. The number of aryl methyl sites for hydroxylation is 1. The van der Waals surface area contributed by atoms with E-state index in [1.54, 1.807) is 13.0 Å². The molecule has 2 heterocycles. The Morgan fingerprint density at radius 3 is 2.65 bits per heavy atom. The smallest absolute Gasteiger partial charge is 0.335 e. The van der Waals surface area contributed by atoms with Crippen LogP contribution < -0.4 is 5.32 Å². The molecule has 0 aromatic carbocycles. The van der Waals surface area contributed by atoms with Crippen LogP contribution in [0.3, 0.4) is 0 Å². The van der Waals surface area contributed by atoms with Crippen molar-refractivity contribution in [2.75, 3.05) is 5.32 Å². The van der Waals surface area contributed by atoms with E-state index in [-0.39, 0.29) is 16.5 Å². The van der Waals surface area contributed by atoms with Crippen molar-refractivity contribution in [2.24, 2.45) is 0 Å². The molecule has 2 aromatic heterocycles. The molecule has 0 aliphatic rings. The number of amides is 1. The lowest BCUT2D eigenvalue weighted by molar-refractivity contribution is 0.0696. The molecule has 0 saturated carbocycles. The Morgan fingerprint density at radius 1 is 1.25 bits per heavy atom. The van der Waals surface area contributed by atoms with Gasteiger partial charge in [0.25, 0.3) is 5.91 Å². The number of hydrogen-bond donors (Lipinski definition) is 2. The molecule has 0 aliphatic carbocycles. The maximum atomic E-state index is 12.0. The first-order valence-corrected chi connectivity index (χ1v) is 5.98. The van der Waals surface area contributed by atoms with Crippen molar-refractivity contribution in [3.63, 3.8) is 0 Å². The monoisotopic (exact) mass is 291 g/mol. The number of nitrogens with zero attached hydrogens (tertiary/aromatic N) is 2. The van der Waals surface area contributed by atoms with Crippen molar-refractivity contribution in [3.05, 3.63) is 52.4 Å². The zero-order valence-corrected chi connectivity index (χ0v) is 11.2. The summed E-state index contributed by atoms with van der Waals surface area (Å²) in [6.07, 6.45) is 1.31. The second-order valence-electron chi connectivity index (χ2n) is 4.01. The molecule has 1 amide bonds. The molecule has 0 spiro atoms. The van der Waals surface area contributed by atoms with Crippen LogP contribution in [0.2, 0.25) is 5.15 Å². The SMILES string of the molecule is Cc1cc(C(=O)Nc2cc(C(=O)O)ccn2)cc(Cl)n1. The van der Waals surface area contributed by atoms with E-state index in [1.807, 2.05) is 0 Å². The average molecular weight is 292 g/mol. The quantitative estimate of drug-likeness (QED) is 0.847. The van der Waals surface area contributed by atoms with Gasteiger partial charge in [0.2, 0.25) is 0 Å². The highest BCUT2D eigenvalue weighted by molar-refractivity contribution is 6.29. The highest BCUT2D eigenvalue weighted by atomic mass is 35.5. The first-order chi connectivity index (χ1) is 9.45. The predicted octanol–water partition coefficient (Wildman–Crippen LogP) is 2.39. The van der Waals surface area contributed by atoms with Crippen molar-refractivity contribution >= 4 is 29.3 Å². The van der Waals surface area contributed by atoms with Crippen molar-refractivity contribution < 1.29 is 14.7 Å². The zero-order chi connectivity index (χ0) is 14.7. The summed E-state index contributed by atoms with van der Waals surface area (Å²) >= 11 is 5.78. The summed E-state index contributed by atoms with van der Waals surface area (Å²) in [5, 5.41) is 11.6. The maximum Gasteiger partial charge on any atom is 0.335 e. The molecule has 6 nitrogen and oxygen atoms in total. The average Bonchev–Trinajstić information content (AvgIpc) is 2.37. The highest BCUT2D eigenvalue weighted by Gasteiger charge is 2.10. The van der Waals surface area contributed by atoms with E-state index in [9.17, 15) is 9.59 Å². The molecule has 0 fully saturated rings. The topological polar surface area (TPSA) is 92.2 Å². The lowest BCUT2D eigenvalue weighted by Gasteiger charge is -2.06. The molecule has 7 heteroatoms. The van der Waals surface area contributed by atoms with Gasteiger partial charge >= 0.3 is 5.97 Å². The van der Waals surface area contributed by atoms with E-state index >= 15 is 0 Å². The lowest BCUT2D eigenvalue weighted by Crippen LogP contribution is -2.14. The van der Waals surface area contributed by atoms with Gasteiger partial charge in [-0.1, -0.05) is 11.6 Å². The molecule has 0 aliphatic heterocycles. The number of anilines is 1. The van der Waals surface area contributed by atoms with E-state index < -0.39 is 11.9 Å². The van der Waals surface area contributed by atoms with E-state index in [0.717, 1.165) is 0 Å². The number of halogens is 1. The van der Waals surface area contributed by atoms with E-state index in [4.69, 9.17) is 16.7 Å². The normalized spacial score (nSPS) is 10.1. The van der Waals surface area contributed by atoms with Crippen LogP contribution in [0, 0.1) is 6.92 Å². The third-order valence-corrected chi connectivity index (χ3v) is 2.63. The molecule has 0 atom stereocenters. The molecule has 0 saturated heterocycles. The maximum absolute atomic E-state index is 12.0. The van der Waals surface area contributed by atoms with Crippen molar-refractivity contribution in [3.8, 4) is 0 Å². The van der Waals surface area contributed by atoms with Crippen molar-refractivity contribution in [1.29, 1.82) is 0 Å². The van der Waals surface area contributed by atoms with Gasteiger partial charge in [0.15, 0.2) is 0 Å². The summed E-state index contributed by atoms with van der Waals surface area (Å²) in [5.74, 6) is -1.38. The Hall–Kier alpha value is -2.47. The number of rotatable bonds is 3. The molecule has 2 aromatic rings. The number of hydrogen-bond acceptors (Lipinski definition) is 4. The van der Waals surface area contributed by atoms with Crippen LogP contribution in [0.1, 0.15) is 26.4 Å². The fourth-order valence-corrected chi connectivity index (χ4v) is 1.83. The van der Waals surface area contributed by atoms with Gasteiger partial charge in [0, 0.05) is 17.5 Å². The Labute approximate surface area is 119 Å².